The topological polar surface area (TPSA) is 129 Å². The number of nitrogens with one attached hydrogen (secondary N) is 3. The van der Waals surface area contributed by atoms with Gasteiger partial charge in [-0.25, -0.2) is 9.37 Å². The van der Waals surface area contributed by atoms with E-state index in [1.807, 2.05) is 13.0 Å². The van der Waals surface area contributed by atoms with Crippen molar-refractivity contribution >= 4 is 17.4 Å². The smallest absolute Gasteiger partial charge is 0.369 e. The summed E-state index contributed by atoms with van der Waals surface area (Å²) >= 11 is 0. The van der Waals surface area contributed by atoms with Gasteiger partial charge in [-0.2, -0.15) is 18.4 Å². The van der Waals surface area contributed by atoms with Crippen LogP contribution in [0.15, 0.2) is 54.7 Å². The number of tetrazole rings is 1. The van der Waals surface area contributed by atoms with Gasteiger partial charge in [0.2, 0.25) is 11.7 Å². The Morgan fingerprint density at radius 3 is 2.53 bits per heavy atom. The van der Waals surface area contributed by atoms with Gasteiger partial charge in [0.25, 0.3) is 0 Å². The van der Waals surface area contributed by atoms with Crippen molar-refractivity contribution in [1.82, 2.24) is 25.6 Å². The number of aromatic nitrogens is 5. The van der Waals surface area contributed by atoms with Gasteiger partial charge in [-0.3, -0.25) is 4.79 Å². The van der Waals surface area contributed by atoms with E-state index < -0.39 is 35.1 Å². The highest BCUT2D eigenvalue weighted by Crippen LogP contribution is 2.50. The molecule has 1 saturated carbocycles. The molecule has 1 unspecified atom stereocenters. The van der Waals surface area contributed by atoms with Crippen molar-refractivity contribution in [3.63, 3.8) is 0 Å². The third-order valence-corrected chi connectivity index (χ3v) is 6.38. The Hall–Kier alpha value is -4.39. The molecule has 13 heteroatoms. The monoisotopic (exact) mass is 527 g/mol. The molecule has 1 aliphatic carbocycles. The van der Waals surface area contributed by atoms with Gasteiger partial charge in [0.05, 0.1) is 11.0 Å². The summed E-state index contributed by atoms with van der Waals surface area (Å²) in [4.78, 5) is 17.4. The molecule has 4 aromatic rings. The summed E-state index contributed by atoms with van der Waals surface area (Å²) < 4.78 is 53.5. The predicted molar refractivity (Wildman–Crippen MR) is 128 cm³/mol. The maximum absolute atomic E-state index is 14.7. The number of aliphatic hydroxyl groups excluding tert-OH is 1. The highest BCUT2D eigenvalue weighted by atomic mass is 19.4. The number of aryl methyl sites for hydroxylation is 1. The lowest BCUT2D eigenvalue weighted by molar-refractivity contribution is -0.137. The number of benzene rings is 2. The van der Waals surface area contributed by atoms with Gasteiger partial charge in [-0.05, 0) is 60.9 Å². The minimum atomic E-state index is -4.69. The fourth-order valence-corrected chi connectivity index (χ4v) is 4.19. The van der Waals surface area contributed by atoms with E-state index in [-0.39, 0.29) is 29.9 Å². The van der Waals surface area contributed by atoms with E-state index in [9.17, 15) is 27.5 Å². The zero-order valence-corrected chi connectivity index (χ0v) is 19.8. The molecule has 9 nitrogen and oxygen atoms in total. The van der Waals surface area contributed by atoms with Crippen LogP contribution in [-0.4, -0.2) is 36.6 Å². The summed E-state index contributed by atoms with van der Waals surface area (Å²) in [5.41, 5.74) is -0.556. The molecule has 2 aromatic heterocycles. The second kappa shape index (κ2) is 9.49. The highest BCUT2D eigenvalue weighted by Gasteiger charge is 2.53. The molecule has 2 heterocycles. The first-order valence-electron chi connectivity index (χ1n) is 11.5. The Bertz CT molecular complexity index is 1470. The lowest BCUT2D eigenvalue weighted by Gasteiger charge is -2.20. The minimum Gasteiger partial charge on any atom is -0.369 e. The molecular formula is C25H21F4N7O2. The first-order valence-corrected chi connectivity index (χ1v) is 11.5. The Morgan fingerprint density at radius 2 is 1.92 bits per heavy atom. The lowest BCUT2D eigenvalue weighted by atomic mass is 9.93. The van der Waals surface area contributed by atoms with Crippen molar-refractivity contribution in [1.29, 1.82) is 0 Å². The van der Waals surface area contributed by atoms with E-state index >= 15 is 0 Å². The summed E-state index contributed by atoms with van der Waals surface area (Å²) in [5, 5.41) is 30.2. The molecule has 1 amide bonds. The molecule has 0 spiro atoms. The van der Waals surface area contributed by atoms with E-state index in [0.29, 0.717) is 23.0 Å². The van der Waals surface area contributed by atoms with Gasteiger partial charge >= 0.3 is 6.18 Å². The maximum atomic E-state index is 14.7. The van der Waals surface area contributed by atoms with Crippen molar-refractivity contribution < 1.29 is 27.5 Å². The maximum Gasteiger partial charge on any atom is 0.416 e. The van der Waals surface area contributed by atoms with Crippen LogP contribution in [0.2, 0.25) is 0 Å². The number of aromatic amines is 1. The van der Waals surface area contributed by atoms with Gasteiger partial charge in [0.15, 0.2) is 6.23 Å². The first-order chi connectivity index (χ1) is 18.1. The van der Waals surface area contributed by atoms with Crippen LogP contribution in [0.4, 0.5) is 29.1 Å². The molecule has 2 aromatic carbocycles. The van der Waals surface area contributed by atoms with Crippen molar-refractivity contribution in [2.75, 3.05) is 10.6 Å². The number of hydrogen-bond donors (Lipinski definition) is 4. The second-order valence-corrected chi connectivity index (χ2v) is 9.03. The second-order valence-electron chi connectivity index (χ2n) is 9.03. The Balaban J connectivity index is 1.41. The number of anilines is 2. The SMILES string of the molecule is Cc1ccc(NC(O)c2ccc(NC(=O)C3(c4ccc(C(F)(F)F)cc4F)CC3)cc2-c2nn[nH]n2)nc1. The number of pyridine rings is 1. The number of nitrogens with zero attached hydrogens (tertiary/aromatic N) is 4. The molecule has 0 bridgehead atoms. The molecule has 38 heavy (non-hydrogen) atoms. The zero-order valence-electron chi connectivity index (χ0n) is 19.8. The van der Waals surface area contributed by atoms with Crippen LogP contribution in [0.5, 0.6) is 0 Å². The quantitative estimate of drug-likeness (QED) is 0.206. The van der Waals surface area contributed by atoms with Crippen molar-refractivity contribution in [2.24, 2.45) is 0 Å². The van der Waals surface area contributed by atoms with E-state index in [1.54, 1.807) is 18.3 Å². The molecular weight excluding hydrogens is 506 g/mol. The number of carbonyl (C=O) groups excluding carboxylic acids is 1. The number of hydrogen-bond acceptors (Lipinski definition) is 7. The van der Waals surface area contributed by atoms with Crippen molar-refractivity contribution in [2.45, 2.75) is 37.6 Å². The molecule has 0 saturated heterocycles. The molecule has 1 fully saturated rings. The standard InChI is InChI=1S/C25H21F4N7O2/c1-13-2-7-20(30-12-13)32-22(37)16-5-4-15(11-17(16)21-33-35-36-34-21)31-23(38)24(8-9-24)18-6-3-14(10-19(18)26)25(27,28)29/h2-7,10-12,22,37H,8-9H2,1H3,(H,30,32)(H,31,38)(H,33,34,35,36). The fourth-order valence-electron chi connectivity index (χ4n) is 4.19. The summed E-state index contributed by atoms with van der Waals surface area (Å²) in [6.45, 7) is 1.88. The van der Waals surface area contributed by atoms with Crippen molar-refractivity contribution in [3.8, 4) is 11.4 Å². The van der Waals surface area contributed by atoms with Gasteiger partial charge in [-0.15, -0.1) is 10.2 Å². The van der Waals surface area contributed by atoms with Crippen LogP contribution >= 0.6 is 0 Å². The number of alkyl halides is 3. The van der Waals surface area contributed by atoms with Gasteiger partial charge < -0.3 is 15.7 Å². The van der Waals surface area contributed by atoms with E-state index in [4.69, 9.17) is 0 Å². The van der Waals surface area contributed by atoms with Crippen LogP contribution in [0.1, 0.15) is 41.3 Å². The largest absolute Gasteiger partial charge is 0.416 e. The van der Waals surface area contributed by atoms with Crippen LogP contribution in [-0.2, 0) is 16.4 Å². The normalized spacial score (nSPS) is 15.1. The number of H-pyrrole nitrogens is 1. The van der Waals surface area contributed by atoms with Crippen LogP contribution in [0.25, 0.3) is 11.4 Å². The van der Waals surface area contributed by atoms with E-state index in [0.717, 1.165) is 17.7 Å². The number of carbonyl (C=O) groups is 1. The summed E-state index contributed by atoms with van der Waals surface area (Å²) in [6.07, 6.45) is -3.72. The molecule has 5 rings (SSSR count). The Kier molecular flexibility index (Phi) is 6.31. The highest BCUT2D eigenvalue weighted by molar-refractivity contribution is 6.01. The van der Waals surface area contributed by atoms with E-state index in [2.05, 4.69) is 36.2 Å². The molecule has 1 aliphatic rings. The molecule has 196 valence electrons. The van der Waals surface area contributed by atoms with Gasteiger partial charge in [0, 0.05) is 28.6 Å². The Morgan fingerprint density at radius 1 is 1.13 bits per heavy atom. The molecule has 1 atom stereocenters. The molecule has 0 aliphatic heterocycles. The first kappa shape index (κ1) is 25.3. The number of rotatable bonds is 7. The van der Waals surface area contributed by atoms with Gasteiger partial charge in [-0.1, -0.05) is 18.2 Å². The number of halogens is 4. The predicted octanol–water partition coefficient (Wildman–Crippen LogP) is 4.50. The minimum absolute atomic E-state index is 0.0942. The fraction of sp³-hybridized carbons (Fsp3) is 0.240. The third kappa shape index (κ3) is 4.92. The summed E-state index contributed by atoms with van der Waals surface area (Å²) in [7, 11) is 0. The number of amides is 1. The molecule has 4 N–H and O–H groups in total. The van der Waals surface area contributed by atoms with E-state index in [1.165, 1.54) is 12.1 Å². The average molecular weight is 527 g/mol. The lowest BCUT2D eigenvalue weighted by Crippen LogP contribution is -2.29. The zero-order chi connectivity index (χ0) is 27.1. The summed E-state index contributed by atoms with van der Waals surface area (Å²) in [5.74, 6) is -1.09. The Labute approximate surface area is 213 Å². The van der Waals surface area contributed by atoms with Crippen molar-refractivity contribution in [3.05, 3.63) is 82.8 Å². The third-order valence-electron chi connectivity index (χ3n) is 6.38. The average Bonchev–Trinajstić information content (AvgIpc) is 3.50. The number of aliphatic hydroxyl groups is 1. The molecule has 0 radical (unpaired) electrons. The van der Waals surface area contributed by atoms with Crippen LogP contribution in [0.3, 0.4) is 0 Å². The van der Waals surface area contributed by atoms with Crippen LogP contribution < -0.4 is 10.6 Å². The summed E-state index contributed by atoms with van der Waals surface area (Å²) in [6, 6.07) is 10.3. The van der Waals surface area contributed by atoms with Gasteiger partial charge in [0.1, 0.15) is 11.6 Å². The van der Waals surface area contributed by atoms with Crippen LogP contribution in [0, 0.1) is 12.7 Å².